The largest absolute Gasteiger partial charge is 0.353 e. The van der Waals surface area contributed by atoms with Gasteiger partial charge < -0.3 is 21.7 Å². The van der Waals surface area contributed by atoms with Crippen LogP contribution in [0, 0.1) is 3.57 Å². The second-order valence-corrected chi connectivity index (χ2v) is 7.59. The lowest BCUT2D eigenvalue weighted by molar-refractivity contribution is -0.117. The molecule has 1 heterocycles. The van der Waals surface area contributed by atoms with Crippen LogP contribution < -0.4 is 21.7 Å². The molecular formula is C21H22ClIN6O2. The predicted molar refractivity (Wildman–Crippen MR) is 134 cm³/mol. The van der Waals surface area contributed by atoms with Crippen LogP contribution in [-0.2, 0) is 9.59 Å². The normalized spacial score (nSPS) is 10.5. The molecule has 31 heavy (non-hydrogen) atoms. The number of benzene rings is 2. The zero-order valence-corrected chi connectivity index (χ0v) is 19.4. The van der Waals surface area contributed by atoms with E-state index >= 15 is 0 Å². The molecule has 0 bridgehead atoms. The van der Waals surface area contributed by atoms with Crippen LogP contribution in [0.15, 0.2) is 60.9 Å². The number of rotatable bonds is 8. The Morgan fingerprint density at radius 2 is 1.84 bits per heavy atom. The summed E-state index contributed by atoms with van der Waals surface area (Å²) >= 11 is 2.25. The Labute approximate surface area is 199 Å². The van der Waals surface area contributed by atoms with Crippen molar-refractivity contribution in [2.24, 2.45) is 5.73 Å². The standard InChI is InChI=1S/C21H21IN6O2.ClH/c22-14-3-1-4-15(11-14)28-21-17-12-16(5-6-18(17)25-13-26-21)27-20(30)8-7-19(29)24-10-2-9-23;/h1,3-8,11-13H,2,9-10,23H2,(H,24,29)(H,27,30)(H,25,26,28);1H/b8-7-;. The maximum absolute atomic E-state index is 12.2. The number of hydrogen-bond acceptors (Lipinski definition) is 6. The van der Waals surface area contributed by atoms with Crippen LogP contribution in [0.3, 0.4) is 0 Å². The minimum Gasteiger partial charge on any atom is -0.353 e. The lowest BCUT2D eigenvalue weighted by Crippen LogP contribution is -2.24. The van der Waals surface area contributed by atoms with Crippen LogP contribution in [0.5, 0.6) is 0 Å². The minimum absolute atomic E-state index is 0. The SMILES string of the molecule is Cl.NCCCNC(=O)/C=C\C(=O)Nc1ccc2ncnc(Nc3cccc(I)c3)c2c1. The first-order chi connectivity index (χ1) is 14.5. The third-order valence-electron chi connectivity index (χ3n) is 4.06. The van der Waals surface area contributed by atoms with Crippen LogP contribution in [0.4, 0.5) is 17.2 Å². The smallest absolute Gasteiger partial charge is 0.248 e. The molecule has 10 heteroatoms. The molecule has 0 radical (unpaired) electrons. The highest BCUT2D eigenvalue weighted by atomic mass is 127. The molecule has 2 aromatic carbocycles. The quantitative estimate of drug-likeness (QED) is 0.193. The van der Waals surface area contributed by atoms with Crippen LogP contribution in [0.25, 0.3) is 10.9 Å². The fourth-order valence-corrected chi connectivity index (χ4v) is 3.19. The summed E-state index contributed by atoms with van der Waals surface area (Å²) in [6.45, 7) is 0.971. The minimum atomic E-state index is -0.410. The van der Waals surface area contributed by atoms with Crippen LogP contribution in [-0.4, -0.2) is 34.9 Å². The molecule has 162 valence electrons. The van der Waals surface area contributed by atoms with Crippen LogP contribution in [0.1, 0.15) is 6.42 Å². The van der Waals surface area contributed by atoms with Crippen molar-refractivity contribution in [3.05, 3.63) is 64.5 Å². The molecule has 0 spiro atoms. The lowest BCUT2D eigenvalue weighted by Gasteiger charge is -2.10. The summed E-state index contributed by atoms with van der Waals surface area (Å²) in [4.78, 5) is 32.4. The van der Waals surface area contributed by atoms with E-state index in [9.17, 15) is 9.59 Å². The van der Waals surface area contributed by atoms with Gasteiger partial charge >= 0.3 is 0 Å². The van der Waals surface area contributed by atoms with Gasteiger partial charge in [-0.3, -0.25) is 9.59 Å². The summed E-state index contributed by atoms with van der Waals surface area (Å²) in [7, 11) is 0. The van der Waals surface area contributed by atoms with Crippen molar-refractivity contribution >= 4 is 74.9 Å². The van der Waals surface area contributed by atoms with E-state index in [1.165, 1.54) is 18.5 Å². The monoisotopic (exact) mass is 552 g/mol. The van der Waals surface area contributed by atoms with Crippen LogP contribution >= 0.6 is 35.0 Å². The molecule has 0 unspecified atom stereocenters. The highest BCUT2D eigenvalue weighted by molar-refractivity contribution is 14.1. The van der Waals surface area contributed by atoms with Gasteiger partial charge in [0.1, 0.15) is 12.1 Å². The molecule has 0 saturated heterocycles. The summed E-state index contributed by atoms with van der Waals surface area (Å²) in [5.74, 6) is -0.116. The summed E-state index contributed by atoms with van der Waals surface area (Å²) in [6, 6.07) is 13.3. The molecule has 0 fully saturated rings. The summed E-state index contributed by atoms with van der Waals surface area (Å²) in [5.41, 5.74) is 7.59. The topological polar surface area (TPSA) is 122 Å². The number of hydrogen-bond donors (Lipinski definition) is 4. The maximum atomic E-state index is 12.2. The third-order valence-corrected chi connectivity index (χ3v) is 4.73. The number of nitrogens with zero attached hydrogens (tertiary/aromatic N) is 2. The van der Waals surface area contributed by atoms with Crippen molar-refractivity contribution < 1.29 is 9.59 Å². The van der Waals surface area contributed by atoms with Gasteiger partial charge in [-0.15, -0.1) is 12.4 Å². The number of aromatic nitrogens is 2. The fraction of sp³-hybridized carbons (Fsp3) is 0.143. The van der Waals surface area contributed by atoms with Gasteiger partial charge in [0.15, 0.2) is 0 Å². The molecule has 5 N–H and O–H groups in total. The van der Waals surface area contributed by atoms with Gasteiger partial charge in [-0.25, -0.2) is 9.97 Å². The number of carbonyl (C=O) groups excluding carboxylic acids is 2. The first kappa shape index (κ1) is 24.5. The Morgan fingerprint density at radius 3 is 2.61 bits per heavy atom. The van der Waals surface area contributed by atoms with E-state index in [-0.39, 0.29) is 18.3 Å². The number of amides is 2. The van der Waals surface area contributed by atoms with Crippen molar-refractivity contribution in [3.8, 4) is 0 Å². The molecule has 0 aliphatic heterocycles. The van der Waals surface area contributed by atoms with E-state index < -0.39 is 5.91 Å². The predicted octanol–water partition coefficient (Wildman–Crippen LogP) is 3.36. The van der Waals surface area contributed by atoms with Gasteiger partial charge in [0.2, 0.25) is 11.8 Å². The van der Waals surface area contributed by atoms with Gasteiger partial charge in [-0.1, -0.05) is 6.07 Å². The van der Waals surface area contributed by atoms with Gasteiger partial charge in [-0.05, 0) is 72.0 Å². The molecular weight excluding hydrogens is 531 g/mol. The molecule has 2 amide bonds. The molecule has 0 aliphatic carbocycles. The van der Waals surface area contributed by atoms with E-state index in [4.69, 9.17) is 5.73 Å². The lowest BCUT2D eigenvalue weighted by atomic mass is 10.2. The van der Waals surface area contributed by atoms with Crippen molar-refractivity contribution in [2.75, 3.05) is 23.7 Å². The van der Waals surface area contributed by atoms with Gasteiger partial charge in [0.05, 0.1) is 5.52 Å². The van der Waals surface area contributed by atoms with E-state index in [2.05, 4.69) is 48.5 Å². The Bertz CT molecular complexity index is 1090. The first-order valence-electron chi connectivity index (χ1n) is 9.29. The second-order valence-electron chi connectivity index (χ2n) is 6.35. The third kappa shape index (κ3) is 7.46. The molecule has 3 aromatic rings. The number of nitrogens with two attached hydrogens (primary N) is 1. The highest BCUT2D eigenvalue weighted by Gasteiger charge is 2.07. The van der Waals surface area contributed by atoms with Crippen molar-refractivity contribution in [3.63, 3.8) is 0 Å². The number of anilines is 3. The van der Waals surface area contributed by atoms with Gasteiger partial charge in [-0.2, -0.15) is 0 Å². The Morgan fingerprint density at radius 1 is 1.03 bits per heavy atom. The van der Waals surface area contributed by atoms with Crippen LogP contribution in [0.2, 0.25) is 0 Å². The number of halogens is 2. The second kappa shape index (κ2) is 12.2. The number of carbonyl (C=O) groups is 2. The number of nitrogens with one attached hydrogen (secondary N) is 3. The van der Waals surface area contributed by atoms with E-state index in [1.807, 2.05) is 24.3 Å². The van der Waals surface area contributed by atoms with Crippen molar-refractivity contribution in [2.45, 2.75) is 6.42 Å². The van der Waals surface area contributed by atoms with Crippen molar-refractivity contribution in [1.29, 1.82) is 0 Å². The number of fused-ring (bicyclic) bond motifs is 1. The molecule has 0 atom stereocenters. The van der Waals surface area contributed by atoms with E-state index in [0.29, 0.717) is 31.0 Å². The van der Waals surface area contributed by atoms with E-state index in [1.54, 1.807) is 18.2 Å². The Hall–Kier alpha value is -2.76. The summed E-state index contributed by atoms with van der Waals surface area (Å²) in [6.07, 6.45) is 4.56. The first-order valence-corrected chi connectivity index (χ1v) is 10.4. The fourth-order valence-electron chi connectivity index (χ4n) is 2.64. The summed E-state index contributed by atoms with van der Waals surface area (Å²) in [5, 5.41) is 9.45. The average Bonchev–Trinajstić information content (AvgIpc) is 2.73. The highest BCUT2D eigenvalue weighted by Crippen LogP contribution is 2.26. The molecule has 8 nitrogen and oxygen atoms in total. The molecule has 3 rings (SSSR count). The van der Waals surface area contributed by atoms with Crippen molar-refractivity contribution in [1.82, 2.24) is 15.3 Å². The Balaban J connectivity index is 0.00000341. The van der Waals surface area contributed by atoms with E-state index in [0.717, 1.165) is 20.2 Å². The van der Waals surface area contributed by atoms with Gasteiger partial charge in [0.25, 0.3) is 0 Å². The maximum Gasteiger partial charge on any atom is 0.248 e. The average molecular weight is 553 g/mol. The molecule has 1 aromatic heterocycles. The molecule has 0 aliphatic rings. The van der Waals surface area contributed by atoms with Gasteiger partial charge in [0, 0.05) is 39.0 Å². The Kier molecular flexibility index (Phi) is 9.63. The zero-order chi connectivity index (χ0) is 21.3. The summed E-state index contributed by atoms with van der Waals surface area (Å²) < 4.78 is 1.10. The zero-order valence-electron chi connectivity index (χ0n) is 16.5. The molecule has 0 saturated carbocycles.